The minimum Gasteiger partial charge on any atom is -0.355 e. The maximum Gasteiger partial charge on any atom is 0.129 e. The number of nitrogens with one attached hydrogen (secondary N) is 1. The molecule has 1 N–H and O–H groups in total. The topological polar surface area (TPSA) is 28.2 Å². The van der Waals surface area contributed by atoms with Crippen molar-refractivity contribution in [3.63, 3.8) is 0 Å². The molecule has 0 bridgehead atoms. The lowest BCUT2D eigenvalue weighted by atomic mass is 10.2. The fourth-order valence-electron chi connectivity index (χ4n) is 2.16. The van der Waals surface area contributed by atoms with Crippen LogP contribution in [0.5, 0.6) is 0 Å². The van der Waals surface area contributed by atoms with E-state index < -0.39 is 0 Å². The molecule has 3 nitrogen and oxygen atoms in total. The Morgan fingerprint density at radius 1 is 1.40 bits per heavy atom. The fraction of sp³-hybridized carbons (Fsp3) is 0.583. The lowest BCUT2D eigenvalue weighted by Crippen LogP contribution is -2.34. The van der Waals surface area contributed by atoms with Crippen molar-refractivity contribution < 1.29 is 0 Å². The van der Waals surface area contributed by atoms with Crippen LogP contribution in [-0.2, 0) is 0 Å². The van der Waals surface area contributed by atoms with Crippen LogP contribution in [0.2, 0.25) is 0 Å². The number of hydrogen-bond donors (Lipinski definition) is 1. The summed E-state index contributed by atoms with van der Waals surface area (Å²) < 4.78 is 0. The van der Waals surface area contributed by atoms with Crippen LogP contribution in [0.3, 0.4) is 0 Å². The third kappa shape index (κ3) is 2.29. The second kappa shape index (κ2) is 4.19. The maximum atomic E-state index is 4.58. The van der Waals surface area contributed by atoms with E-state index in [1.165, 1.54) is 12.0 Å². The van der Waals surface area contributed by atoms with Gasteiger partial charge in [0.15, 0.2) is 0 Å². The molecule has 0 saturated carbocycles. The number of rotatable bonds is 2. The van der Waals surface area contributed by atoms with Crippen LogP contribution >= 0.6 is 0 Å². The van der Waals surface area contributed by atoms with Gasteiger partial charge in [0.05, 0.1) is 0 Å². The second-order valence-corrected chi connectivity index (χ2v) is 4.40. The molecule has 1 unspecified atom stereocenters. The molecule has 0 radical (unpaired) electrons. The molecule has 0 spiro atoms. The van der Waals surface area contributed by atoms with E-state index in [9.17, 15) is 0 Å². The summed E-state index contributed by atoms with van der Waals surface area (Å²) in [6.45, 7) is 6.38. The van der Waals surface area contributed by atoms with Crippen molar-refractivity contribution in [1.82, 2.24) is 10.3 Å². The van der Waals surface area contributed by atoms with E-state index in [0.717, 1.165) is 24.6 Å². The van der Waals surface area contributed by atoms with Crippen LogP contribution in [0.1, 0.15) is 17.7 Å². The number of pyridine rings is 1. The highest BCUT2D eigenvalue weighted by atomic mass is 15.2. The third-order valence-electron chi connectivity index (χ3n) is 3.03. The van der Waals surface area contributed by atoms with Crippen LogP contribution in [0.4, 0.5) is 5.82 Å². The van der Waals surface area contributed by atoms with Crippen molar-refractivity contribution in [2.75, 3.05) is 25.0 Å². The van der Waals surface area contributed by atoms with Gasteiger partial charge >= 0.3 is 0 Å². The van der Waals surface area contributed by atoms with Crippen LogP contribution in [0, 0.1) is 13.8 Å². The average molecular weight is 205 g/mol. The lowest BCUT2D eigenvalue weighted by molar-refractivity contribution is 0.676. The van der Waals surface area contributed by atoms with Crippen molar-refractivity contribution in [2.45, 2.75) is 26.3 Å². The number of aryl methyl sites for hydroxylation is 2. The van der Waals surface area contributed by atoms with Gasteiger partial charge in [0.2, 0.25) is 0 Å². The first-order chi connectivity index (χ1) is 7.16. The maximum absolute atomic E-state index is 4.58. The molecule has 1 aliphatic heterocycles. The Bertz CT molecular complexity index is 322. The standard InChI is InChI=1S/C12H19N3/c1-9-6-10(2)14-12(7-9)15(3)11-4-5-13-8-11/h6-7,11,13H,4-5,8H2,1-3H3. The van der Waals surface area contributed by atoms with E-state index in [2.05, 4.69) is 48.2 Å². The van der Waals surface area contributed by atoms with Gasteiger partial charge in [0, 0.05) is 25.3 Å². The number of nitrogens with zero attached hydrogens (tertiary/aromatic N) is 2. The van der Waals surface area contributed by atoms with E-state index in [1.807, 2.05) is 0 Å². The number of aromatic nitrogens is 1. The van der Waals surface area contributed by atoms with Crippen molar-refractivity contribution >= 4 is 5.82 Å². The highest BCUT2D eigenvalue weighted by molar-refractivity contribution is 5.42. The zero-order chi connectivity index (χ0) is 10.8. The molecule has 15 heavy (non-hydrogen) atoms. The predicted octanol–water partition coefficient (Wildman–Crippen LogP) is 1.50. The predicted molar refractivity (Wildman–Crippen MR) is 63.4 cm³/mol. The van der Waals surface area contributed by atoms with E-state index >= 15 is 0 Å². The van der Waals surface area contributed by atoms with Gasteiger partial charge in [0.1, 0.15) is 5.82 Å². The normalized spacial score (nSPS) is 20.6. The fourth-order valence-corrected chi connectivity index (χ4v) is 2.16. The minimum absolute atomic E-state index is 0.596. The molecule has 2 rings (SSSR count). The van der Waals surface area contributed by atoms with Gasteiger partial charge in [-0.1, -0.05) is 0 Å². The average Bonchev–Trinajstić information content (AvgIpc) is 2.67. The first-order valence-corrected chi connectivity index (χ1v) is 5.55. The first-order valence-electron chi connectivity index (χ1n) is 5.55. The van der Waals surface area contributed by atoms with Crippen LogP contribution < -0.4 is 10.2 Å². The SMILES string of the molecule is Cc1cc(C)nc(N(C)C2CCNC2)c1. The molecule has 3 heteroatoms. The van der Waals surface area contributed by atoms with Gasteiger partial charge in [-0.25, -0.2) is 4.98 Å². The Labute approximate surface area is 91.5 Å². The molecule has 1 aliphatic rings. The zero-order valence-corrected chi connectivity index (χ0v) is 9.75. The molecule has 2 heterocycles. The Morgan fingerprint density at radius 3 is 2.80 bits per heavy atom. The molecule has 0 aliphatic carbocycles. The third-order valence-corrected chi connectivity index (χ3v) is 3.03. The molecule has 0 amide bonds. The van der Waals surface area contributed by atoms with Crippen LogP contribution in [0.15, 0.2) is 12.1 Å². The minimum atomic E-state index is 0.596. The van der Waals surface area contributed by atoms with Gasteiger partial charge in [0.25, 0.3) is 0 Å². The monoisotopic (exact) mass is 205 g/mol. The van der Waals surface area contributed by atoms with Gasteiger partial charge in [-0.3, -0.25) is 0 Å². The summed E-state index contributed by atoms with van der Waals surface area (Å²) in [5, 5.41) is 3.38. The van der Waals surface area contributed by atoms with E-state index in [-0.39, 0.29) is 0 Å². The highest BCUT2D eigenvalue weighted by Crippen LogP contribution is 2.18. The largest absolute Gasteiger partial charge is 0.355 e. The molecule has 1 atom stereocenters. The highest BCUT2D eigenvalue weighted by Gasteiger charge is 2.20. The Kier molecular flexibility index (Phi) is 2.91. The van der Waals surface area contributed by atoms with Crippen molar-refractivity contribution in [3.8, 4) is 0 Å². The second-order valence-electron chi connectivity index (χ2n) is 4.40. The smallest absolute Gasteiger partial charge is 0.129 e. The summed E-state index contributed by atoms with van der Waals surface area (Å²) in [5.74, 6) is 1.10. The Morgan fingerprint density at radius 2 is 2.20 bits per heavy atom. The summed E-state index contributed by atoms with van der Waals surface area (Å²) in [4.78, 5) is 6.87. The number of hydrogen-bond acceptors (Lipinski definition) is 3. The molecule has 0 aromatic carbocycles. The van der Waals surface area contributed by atoms with Crippen molar-refractivity contribution in [2.24, 2.45) is 0 Å². The van der Waals surface area contributed by atoms with Gasteiger partial charge in [-0.05, 0) is 44.5 Å². The van der Waals surface area contributed by atoms with Crippen LogP contribution in [-0.4, -0.2) is 31.2 Å². The molecule has 82 valence electrons. The molecular formula is C12H19N3. The van der Waals surface area contributed by atoms with Crippen molar-refractivity contribution in [3.05, 3.63) is 23.4 Å². The molecular weight excluding hydrogens is 186 g/mol. The molecule has 1 aromatic rings. The zero-order valence-electron chi connectivity index (χ0n) is 9.75. The number of likely N-dealkylation sites (N-methyl/N-ethyl adjacent to an activating group) is 1. The van der Waals surface area contributed by atoms with E-state index in [4.69, 9.17) is 0 Å². The Balaban J connectivity index is 2.20. The summed E-state index contributed by atoms with van der Waals surface area (Å²) in [7, 11) is 2.14. The number of anilines is 1. The van der Waals surface area contributed by atoms with Crippen molar-refractivity contribution in [1.29, 1.82) is 0 Å². The first kappa shape index (κ1) is 10.4. The van der Waals surface area contributed by atoms with Gasteiger partial charge in [-0.2, -0.15) is 0 Å². The summed E-state index contributed by atoms with van der Waals surface area (Å²) in [5.41, 5.74) is 2.39. The summed E-state index contributed by atoms with van der Waals surface area (Å²) in [6.07, 6.45) is 1.21. The van der Waals surface area contributed by atoms with Gasteiger partial charge in [-0.15, -0.1) is 0 Å². The molecule has 1 saturated heterocycles. The van der Waals surface area contributed by atoms with Gasteiger partial charge < -0.3 is 10.2 Å². The lowest BCUT2D eigenvalue weighted by Gasteiger charge is -2.25. The van der Waals surface area contributed by atoms with E-state index in [0.29, 0.717) is 6.04 Å². The van der Waals surface area contributed by atoms with E-state index in [1.54, 1.807) is 0 Å². The molecule has 1 fully saturated rings. The summed E-state index contributed by atoms with van der Waals surface area (Å²) in [6, 6.07) is 4.87. The molecule has 1 aromatic heterocycles. The quantitative estimate of drug-likeness (QED) is 0.793. The Hall–Kier alpha value is -1.09. The summed E-state index contributed by atoms with van der Waals surface area (Å²) >= 11 is 0. The van der Waals surface area contributed by atoms with Crippen LogP contribution in [0.25, 0.3) is 0 Å².